The van der Waals surface area contributed by atoms with Gasteiger partial charge in [-0.1, -0.05) is 41.6 Å². The zero-order valence-corrected chi connectivity index (χ0v) is 9.51. The summed E-state index contributed by atoms with van der Waals surface area (Å²) in [7, 11) is 0. The van der Waals surface area contributed by atoms with Gasteiger partial charge in [0.1, 0.15) is 0 Å². The fourth-order valence-electron chi connectivity index (χ4n) is 1.30. The van der Waals surface area contributed by atoms with Gasteiger partial charge in [0, 0.05) is 19.6 Å². The van der Waals surface area contributed by atoms with Crippen LogP contribution < -0.4 is 0 Å². The number of carbonyl (C=O) groups is 1. The smallest absolute Gasteiger partial charge is 0.319 e. The molecule has 0 bridgehead atoms. The first-order chi connectivity index (χ1) is 7.74. The van der Waals surface area contributed by atoms with Crippen molar-refractivity contribution in [3.63, 3.8) is 0 Å². The van der Waals surface area contributed by atoms with Gasteiger partial charge in [0.05, 0.1) is 0 Å². The maximum absolute atomic E-state index is 10.5. The molecule has 1 aromatic rings. The summed E-state index contributed by atoms with van der Waals surface area (Å²) in [5.74, 6) is -0.405. The van der Waals surface area contributed by atoms with Crippen LogP contribution in [0.5, 0.6) is 0 Å². The Morgan fingerprint density at radius 3 is 2.62 bits per heavy atom. The van der Waals surface area contributed by atoms with E-state index in [1.807, 2.05) is 43.3 Å². The highest BCUT2D eigenvalue weighted by Crippen LogP contribution is 2.16. The van der Waals surface area contributed by atoms with Gasteiger partial charge in [-0.15, -0.1) is 0 Å². The van der Waals surface area contributed by atoms with Gasteiger partial charge in [-0.3, -0.25) is 0 Å². The van der Waals surface area contributed by atoms with E-state index in [-0.39, 0.29) is 0 Å². The van der Waals surface area contributed by atoms with Crippen molar-refractivity contribution in [3.05, 3.63) is 42.0 Å². The van der Waals surface area contributed by atoms with Crippen LogP contribution in [-0.2, 0) is 9.63 Å². The van der Waals surface area contributed by atoms with Gasteiger partial charge in [0.25, 0.3) is 0 Å². The number of hydrogen-bond donors (Lipinski definition) is 0. The summed E-state index contributed by atoms with van der Waals surface area (Å²) in [6.07, 6.45) is 4.26. The van der Waals surface area contributed by atoms with Crippen LogP contribution in [0.1, 0.15) is 25.8 Å². The molecule has 0 spiro atoms. The maximum Gasteiger partial charge on any atom is 0.331 e. The molecule has 0 atom stereocenters. The van der Waals surface area contributed by atoms with E-state index in [1.165, 1.54) is 6.92 Å². The van der Waals surface area contributed by atoms with Crippen molar-refractivity contribution in [3.8, 4) is 0 Å². The van der Waals surface area contributed by atoms with Crippen molar-refractivity contribution in [2.45, 2.75) is 20.3 Å². The summed E-state index contributed by atoms with van der Waals surface area (Å²) in [6, 6.07) is 10.0. The second kappa shape index (κ2) is 6.56. The third-order valence-corrected chi connectivity index (χ3v) is 2.06. The topological polar surface area (TPSA) is 38.7 Å². The zero-order chi connectivity index (χ0) is 11.8. The predicted octanol–water partition coefficient (Wildman–Crippen LogP) is 3.03. The van der Waals surface area contributed by atoms with Gasteiger partial charge in [0.15, 0.2) is 0 Å². The normalized spacial score (nSPS) is 11.8. The molecule has 0 unspecified atom stereocenters. The second-order valence-electron chi connectivity index (χ2n) is 3.25. The van der Waals surface area contributed by atoms with Gasteiger partial charge in [-0.25, -0.2) is 4.79 Å². The third kappa shape index (κ3) is 4.09. The Labute approximate surface area is 95.4 Å². The molecule has 84 valence electrons. The average molecular weight is 217 g/mol. The van der Waals surface area contributed by atoms with Gasteiger partial charge >= 0.3 is 5.97 Å². The van der Waals surface area contributed by atoms with Crippen LogP contribution in [0, 0.1) is 0 Å². The van der Waals surface area contributed by atoms with Crippen LogP contribution in [0.4, 0.5) is 0 Å². The molecule has 0 aliphatic heterocycles. The lowest BCUT2D eigenvalue weighted by atomic mass is 10.0. The lowest BCUT2D eigenvalue weighted by Crippen LogP contribution is -1.92. The molecule has 0 aliphatic carbocycles. The molecule has 0 aromatic heterocycles. The van der Waals surface area contributed by atoms with Gasteiger partial charge in [-0.05, 0) is 18.1 Å². The minimum absolute atomic E-state index is 0.405. The van der Waals surface area contributed by atoms with E-state index in [0.717, 1.165) is 11.1 Å². The first-order valence-corrected chi connectivity index (χ1v) is 5.14. The van der Waals surface area contributed by atoms with Crippen LogP contribution in [0.25, 0.3) is 5.57 Å². The number of nitrogens with zero attached hydrogens (tertiary/aromatic N) is 1. The van der Waals surface area contributed by atoms with E-state index in [0.29, 0.717) is 6.42 Å². The van der Waals surface area contributed by atoms with Gasteiger partial charge < -0.3 is 4.84 Å². The van der Waals surface area contributed by atoms with E-state index < -0.39 is 5.97 Å². The van der Waals surface area contributed by atoms with E-state index >= 15 is 0 Å². The molecular formula is C13H15NO2. The Bertz CT molecular complexity index is 394. The van der Waals surface area contributed by atoms with Gasteiger partial charge in [-0.2, -0.15) is 0 Å². The Morgan fingerprint density at radius 2 is 2.06 bits per heavy atom. The van der Waals surface area contributed by atoms with Crippen LogP contribution in [0.15, 0.2) is 41.6 Å². The summed E-state index contributed by atoms with van der Waals surface area (Å²) >= 11 is 0. The number of oxime groups is 1. The monoisotopic (exact) mass is 217 g/mol. The van der Waals surface area contributed by atoms with E-state index in [4.69, 9.17) is 0 Å². The van der Waals surface area contributed by atoms with Crippen molar-refractivity contribution in [2.24, 2.45) is 5.16 Å². The zero-order valence-electron chi connectivity index (χ0n) is 9.51. The highest BCUT2D eigenvalue weighted by Gasteiger charge is 1.97. The minimum Gasteiger partial charge on any atom is -0.319 e. The second-order valence-corrected chi connectivity index (χ2v) is 3.25. The van der Waals surface area contributed by atoms with E-state index in [2.05, 4.69) is 9.99 Å². The van der Waals surface area contributed by atoms with Crippen molar-refractivity contribution in [1.29, 1.82) is 0 Å². The predicted molar refractivity (Wildman–Crippen MR) is 65.0 cm³/mol. The maximum atomic E-state index is 10.5. The number of rotatable bonds is 4. The van der Waals surface area contributed by atoms with E-state index in [1.54, 1.807) is 6.21 Å². The number of benzene rings is 1. The lowest BCUT2D eigenvalue weighted by Gasteiger charge is -2.02. The van der Waals surface area contributed by atoms with Crippen molar-refractivity contribution >= 4 is 17.8 Å². The molecular weight excluding hydrogens is 202 g/mol. The van der Waals surface area contributed by atoms with Crippen molar-refractivity contribution in [2.75, 3.05) is 0 Å². The minimum atomic E-state index is -0.405. The molecule has 1 rings (SSSR count). The first-order valence-electron chi connectivity index (χ1n) is 5.14. The van der Waals surface area contributed by atoms with Crippen LogP contribution in [-0.4, -0.2) is 12.2 Å². The molecule has 0 aliphatic rings. The molecule has 3 heteroatoms. The number of allylic oxidation sites excluding steroid dienone is 2. The molecule has 0 saturated heterocycles. The SMILES string of the molecule is C/C=C(/C/C=N/OC(C)=O)c1ccccc1. The highest BCUT2D eigenvalue weighted by molar-refractivity contribution is 5.79. The van der Waals surface area contributed by atoms with Crippen LogP contribution >= 0.6 is 0 Å². The fraction of sp³-hybridized carbons (Fsp3) is 0.231. The van der Waals surface area contributed by atoms with Crippen molar-refractivity contribution in [1.82, 2.24) is 0 Å². The summed E-state index contributed by atoms with van der Waals surface area (Å²) in [5, 5.41) is 3.57. The Kier molecular flexibility index (Phi) is 4.99. The summed E-state index contributed by atoms with van der Waals surface area (Å²) < 4.78 is 0. The summed E-state index contributed by atoms with van der Waals surface area (Å²) in [6.45, 7) is 3.30. The van der Waals surface area contributed by atoms with E-state index in [9.17, 15) is 4.79 Å². The van der Waals surface area contributed by atoms with Crippen LogP contribution in [0.2, 0.25) is 0 Å². The first kappa shape index (κ1) is 12.2. The van der Waals surface area contributed by atoms with Gasteiger partial charge in [0.2, 0.25) is 0 Å². The quantitative estimate of drug-likeness (QED) is 0.441. The fourth-order valence-corrected chi connectivity index (χ4v) is 1.30. The molecule has 0 fully saturated rings. The largest absolute Gasteiger partial charge is 0.331 e. The highest BCUT2D eigenvalue weighted by atomic mass is 16.7. The average Bonchev–Trinajstić information content (AvgIpc) is 2.30. The molecule has 16 heavy (non-hydrogen) atoms. The Hall–Kier alpha value is -1.90. The molecule has 3 nitrogen and oxygen atoms in total. The molecule has 0 saturated carbocycles. The summed E-state index contributed by atoms with van der Waals surface area (Å²) in [4.78, 5) is 15.0. The summed E-state index contributed by atoms with van der Waals surface area (Å²) in [5.41, 5.74) is 2.30. The number of carbonyl (C=O) groups excluding carboxylic acids is 1. The molecule has 0 heterocycles. The molecule has 0 radical (unpaired) electrons. The standard InChI is InChI=1S/C13H15NO2/c1-3-12(9-10-14-16-11(2)15)13-7-5-4-6-8-13/h3-8,10H,9H2,1-2H3/b12-3-,14-10+. The molecule has 1 aromatic carbocycles. The number of hydrogen-bond acceptors (Lipinski definition) is 3. The van der Waals surface area contributed by atoms with Crippen molar-refractivity contribution < 1.29 is 9.63 Å². The third-order valence-electron chi connectivity index (χ3n) is 2.06. The Morgan fingerprint density at radius 1 is 1.38 bits per heavy atom. The molecule has 0 amide bonds. The Balaban J connectivity index is 2.58. The molecule has 0 N–H and O–H groups in total. The lowest BCUT2D eigenvalue weighted by molar-refractivity contribution is -0.140. The van der Waals surface area contributed by atoms with Crippen LogP contribution in [0.3, 0.4) is 0 Å².